The van der Waals surface area contributed by atoms with Crippen molar-refractivity contribution in [3.8, 4) is 0 Å². The van der Waals surface area contributed by atoms with Gasteiger partial charge in [-0.3, -0.25) is 14.6 Å². The molecule has 190 valence electrons. The maximum absolute atomic E-state index is 13.0. The number of likely N-dealkylation sites (tertiary alicyclic amines) is 1. The van der Waals surface area contributed by atoms with Crippen molar-refractivity contribution in [1.29, 1.82) is 0 Å². The summed E-state index contributed by atoms with van der Waals surface area (Å²) in [6.07, 6.45) is 12.4. The third-order valence-corrected chi connectivity index (χ3v) is 6.53. The number of allylic oxidation sites excluding steroid dienone is 1. The molecule has 2 aromatic rings. The zero-order valence-electron chi connectivity index (χ0n) is 20.4. The van der Waals surface area contributed by atoms with Crippen molar-refractivity contribution in [2.24, 2.45) is 15.8 Å². The van der Waals surface area contributed by atoms with E-state index < -0.39 is 0 Å². The number of piperidine rings is 1. The number of quaternary nitrogens is 1. The Kier molecular flexibility index (Phi) is 6.91. The number of hydrogen-bond donors (Lipinski definition) is 2. The number of fused-ring (bicyclic) bond motifs is 1. The Hall–Kier alpha value is -4.19. The minimum Gasteiger partial charge on any atom is -0.381 e. The number of nitrogens with zero attached hydrogens (tertiary/aromatic N) is 5. The lowest BCUT2D eigenvalue weighted by atomic mass is 9.98. The first kappa shape index (κ1) is 24.5. The van der Waals surface area contributed by atoms with Gasteiger partial charge in [0, 0.05) is 31.4 Å². The molecule has 2 atom stereocenters. The number of aromatic nitrogens is 1. The molecule has 2 unspecified atom stereocenters. The molecular weight excluding hydrogens is 474 g/mol. The van der Waals surface area contributed by atoms with Crippen LogP contribution in [0, 0.1) is 0 Å². The number of nitrogens with one attached hydrogen (secondary N) is 1. The van der Waals surface area contributed by atoms with Crippen LogP contribution in [-0.2, 0) is 9.53 Å². The van der Waals surface area contributed by atoms with Crippen LogP contribution in [0.25, 0.3) is 0 Å². The molecule has 0 saturated carbocycles. The van der Waals surface area contributed by atoms with Gasteiger partial charge in [-0.15, -0.1) is 4.59 Å². The first-order valence-electron chi connectivity index (χ1n) is 12.0. The van der Waals surface area contributed by atoms with Crippen LogP contribution in [0.4, 0.5) is 5.82 Å². The van der Waals surface area contributed by atoms with Crippen molar-refractivity contribution in [2.45, 2.75) is 25.3 Å². The maximum atomic E-state index is 13.0. The second kappa shape index (κ2) is 10.4. The van der Waals surface area contributed by atoms with Gasteiger partial charge in [-0.1, -0.05) is 11.2 Å². The van der Waals surface area contributed by atoms with Crippen molar-refractivity contribution in [3.05, 3.63) is 83.7 Å². The van der Waals surface area contributed by atoms with Crippen LogP contribution in [0.15, 0.2) is 87.0 Å². The molecule has 0 aliphatic carbocycles. The first-order valence-corrected chi connectivity index (χ1v) is 12.0. The van der Waals surface area contributed by atoms with Gasteiger partial charge in [-0.25, -0.2) is 0 Å². The average Bonchev–Trinajstić information content (AvgIpc) is 3.54. The Bertz CT molecular complexity index is 1330. The van der Waals surface area contributed by atoms with Crippen LogP contribution in [0.1, 0.15) is 35.2 Å². The van der Waals surface area contributed by atoms with Gasteiger partial charge >= 0.3 is 0 Å². The normalized spacial score (nSPS) is 22.9. The molecule has 11 nitrogen and oxygen atoms in total. The molecule has 3 aliphatic rings. The van der Waals surface area contributed by atoms with Crippen LogP contribution in [-0.4, -0.2) is 64.8 Å². The van der Waals surface area contributed by atoms with E-state index in [4.69, 9.17) is 20.1 Å². The fraction of sp³-hybridized carbons (Fsp3) is 0.269. The topological polar surface area (TPSA) is 135 Å². The Morgan fingerprint density at radius 1 is 1.27 bits per heavy atom. The minimum atomic E-state index is -0.312. The SMILES string of the molecule is COC/C=C/C(=O)N1CCCCC1C1=C2C=NC=C[N+]2(N)C(c2ccc(C(=O)Nc3ccon3)cc2)=N1. The number of ether oxygens (including phenoxy) is 1. The van der Waals surface area contributed by atoms with Crippen LogP contribution in [0.2, 0.25) is 0 Å². The highest BCUT2D eigenvalue weighted by molar-refractivity contribution is 6.05. The van der Waals surface area contributed by atoms with Crippen LogP contribution in [0.3, 0.4) is 0 Å². The Balaban J connectivity index is 1.45. The number of amidine groups is 1. The smallest absolute Gasteiger partial charge is 0.264 e. The van der Waals surface area contributed by atoms with Crippen LogP contribution in [0.5, 0.6) is 0 Å². The Labute approximate surface area is 213 Å². The number of methoxy groups -OCH3 is 1. The monoisotopic (exact) mass is 502 g/mol. The lowest BCUT2D eigenvalue weighted by Crippen LogP contribution is -2.53. The van der Waals surface area contributed by atoms with Gasteiger partial charge in [0.25, 0.3) is 11.7 Å². The zero-order chi connectivity index (χ0) is 25.8. The molecule has 1 saturated heterocycles. The average molecular weight is 503 g/mol. The fourth-order valence-electron chi connectivity index (χ4n) is 4.71. The number of aliphatic imine (C=N–C) groups is 2. The van der Waals surface area contributed by atoms with E-state index in [0.717, 1.165) is 36.2 Å². The summed E-state index contributed by atoms with van der Waals surface area (Å²) >= 11 is 0. The Morgan fingerprint density at radius 2 is 2.11 bits per heavy atom. The van der Waals surface area contributed by atoms with E-state index >= 15 is 0 Å². The van der Waals surface area contributed by atoms with Crippen molar-refractivity contribution >= 4 is 29.7 Å². The molecular formula is C26H28N7O4+. The third-order valence-electron chi connectivity index (χ3n) is 6.53. The number of hydrogen-bond acceptors (Lipinski definition) is 8. The van der Waals surface area contributed by atoms with E-state index in [9.17, 15) is 9.59 Å². The number of anilines is 1. The lowest BCUT2D eigenvalue weighted by Gasteiger charge is -2.35. The summed E-state index contributed by atoms with van der Waals surface area (Å²) in [5.41, 5.74) is 2.65. The van der Waals surface area contributed by atoms with Gasteiger partial charge in [0.2, 0.25) is 11.6 Å². The predicted octanol–water partition coefficient (Wildman–Crippen LogP) is 2.73. The predicted molar refractivity (Wildman–Crippen MR) is 137 cm³/mol. The highest BCUT2D eigenvalue weighted by Crippen LogP contribution is 2.36. The number of nitrogens with two attached hydrogens (primary N) is 1. The molecule has 0 radical (unpaired) electrons. The highest BCUT2D eigenvalue weighted by atomic mass is 16.5. The van der Waals surface area contributed by atoms with E-state index in [-0.39, 0.29) is 22.4 Å². The third kappa shape index (κ3) is 4.79. The highest BCUT2D eigenvalue weighted by Gasteiger charge is 2.47. The second-order valence-electron chi connectivity index (χ2n) is 8.88. The molecule has 2 amide bonds. The molecule has 11 heteroatoms. The maximum Gasteiger partial charge on any atom is 0.264 e. The molecule has 0 bridgehead atoms. The zero-order valence-corrected chi connectivity index (χ0v) is 20.4. The molecule has 1 fully saturated rings. The molecule has 3 aliphatic heterocycles. The molecule has 1 aromatic carbocycles. The summed E-state index contributed by atoms with van der Waals surface area (Å²) in [5, 5.41) is 6.37. The fourth-order valence-corrected chi connectivity index (χ4v) is 4.71. The number of amides is 2. The summed E-state index contributed by atoms with van der Waals surface area (Å²) in [4.78, 5) is 36.7. The lowest BCUT2D eigenvalue weighted by molar-refractivity contribution is -0.750. The molecule has 5 rings (SSSR count). The summed E-state index contributed by atoms with van der Waals surface area (Å²) in [5.74, 6) is 7.41. The Morgan fingerprint density at radius 3 is 2.86 bits per heavy atom. The molecule has 1 aromatic heterocycles. The molecule has 4 heterocycles. The second-order valence-corrected chi connectivity index (χ2v) is 8.88. The van der Waals surface area contributed by atoms with Crippen molar-refractivity contribution in [1.82, 2.24) is 10.1 Å². The number of carbonyl (C=O) groups excluding carboxylic acids is 2. The van der Waals surface area contributed by atoms with Gasteiger partial charge < -0.3 is 19.5 Å². The molecule has 37 heavy (non-hydrogen) atoms. The minimum absolute atomic E-state index is 0.0839. The van der Waals surface area contributed by atoms with Gasteiger partial charge in [-0.2, -0.15) is 10.8 Å². The van der Waals surface area contributed by atoms with E-state index in [1.807, 2.05) is 4.90 Å². The summed E-state index contributed by atoms with van der Waals surface area (Å²) in [7, 11) is 1.59. The first-order chi connectivity index (χ1) is 18.0. The molecule has 3 N–H and O–H groups in total. The standard InChI is InChI=1S/C26H27N7O4/c1-36-15-4-6-23(34)32-13-3-2-5-20(32)24-21-17-28-12-14-33(21,27)25(30-24)18-7-9-19(10-8-18)26(35)29-22-11-16-37-31-22/h4,6-12,14,16-17,20H,2-3,5,13,15,27H2,1H3/p+1/b6-4+. The van der Waals surface area contributed by atoms with E-state index in [1.54, 1.807) is 68.2 Å². The van der Waals surface area contributed by atoms with Gasteiger partial charge in [0.05, 0.1) is 30.6 Å². The van der Waals surface area contributed by atoms with E-state index in [0.29, 0.717) is 30.4 Å². The van der Waals surface area contributed by atoms with E-state index in [1.165, 1.54) is 6.26 Å². The largest absolute Gasteiger partial charge is 0.381 e. The van der Waals surface area contributed by atoms with Crippen LogP contribution < -0.4 is 11.2 Å². The quantitative estimate of drug-likeness (QED) is 0.340. The summed E-state index contributed by atoms with van der Waals surface area (Å²) < 4.78 is 9.63. The van der Waals surface area contributed by atoms with E-state index in [2.05, 4.69) is 15.5 Å². The molecule has 0 spiro atoms. The summed E-state index contributed by atoms with van der Waals surface area (Å²) in [6.45, 7) is 1.00. The number of benzene rings is 1. The number of carbonyl (C=O) groups is 2. The van der Waals surface area contributed by atoms with Gasteiger partial charge in [0.1, 0.15) is 18.2 Å². The van der Waals surface area contributed by atoms with Crippen molar-refractivity contribution in [2.75, 3.05) is 25.6 Å². The van der Waals surface area contributed by atoms with Crippen molar-refractivity contribution < 1.29 is 23.4 Å². The number of rotatable bonds is 7. The van der Waals surface area contributed by atoms with Gasteiger partial charge in [-0.05, 0) is 43.5 Å². The van der Waals surface area contributed by atoms with Crippen LogP contribution >= 0.6 is 0 Å². The van der Waals surface area contributed by atoms with Crippen molar-refractivity contribution in [3.63, 3.8) is 0 Å². The van der Waals surface area contributed by atoms with Gasteiger partial charge in [0.15, 0.2) is 5.82 Å². The summed E-state index contributed by atoms with van der Waals surface area (Å²) in [6, 6.07) is 8.36.